The van der Waals surface area contributed by atoms with E-state index in [0.717, 1.165) is 58.2 Å². The van der Waals surface area contributed by atoms with Crippen molar-refractivity contribution in [2.24, 2.45) is 0 Å². The number of pyridine rings is 1. The SMILES string of the molecule is CC1(C#N)CCc2cc(-c3cnc(N)c(-c4ccc5c(c4)CCNC5=O)c3)ccc21. The fourth-order valence-electron chi connectivity index (χ4n) is 4.61. The second-order valence-corrected chi connectivity index (χ2v) is 8.35. The van der Waals surface area contributed by atoms with E-state index in [1.54, 1.807) is 6.20 Å². The van der Waals surface area contributed by atoms with Crippen molar-refractivity contribution in [2.75, 3.05) is 12.3 Å². The molecule has 0 saturated heterocycles. The zero-order valence-corrected chi connectivity index (χ0v) is 16.8. The van der Waals surface area contributed by atoms with Gasteiger partial charge in [-0.15, -0.1) is 0 Å². The Morgan fingerprint density at radius 2 is 1.83 bits per heavy atom. The lowest BCUT2D eigenvalue weighted by Crippen LogP contribution is -2.31. The van der Waals surface area contributed by atoms with E-state index >= 15 is 0 Å². The van der Waals surface area contributed by atoms with Crippen molar-refractivity contribution in [3.63, 3.8) is 0 Å². The first-order chi connectivity index (χ1) is 14.5. The maximum Gasteiger partial charge on any atom is 0.251 e. The van der Waals surface area contributed by atoms with Gasteiger partial charge in [0.25, 0.3) is 5.91 Å². The Labute approximate surface area is 175 Å². The fraction of sp³-hybridized carbons (Fsp3) is 0.240. The van der Waals surface area contributed by atoms with Gasteiger partial charge in [0.1, 0.15) is 5.82 Å². The minimum Gasteiger partial charge on any atom is -0.383 e. The van der Waals surface area contributed by atoms with Crippen LogP contribution in [0.15, 0.2) is 48.7 Å². The smallest absolute Gasteiger partial charge is 0.251 e. The molecule has 3 N–H and O–H groups in total. The minimum atomic E-state index is -0.395. The number of anilines is 1. The second-order valence-electron chi connectivity index (χ2n) is 8.35. The monoisotopic (exact) mass is 394 g/mol. The molecule has 1 amide bonds. The molecule has 2 heterocycles. The lowest BCUT2D eigenvalue weighted by atomic mass is 9.85. The van der Waals surface area contributed by atoms with E-state index in [-0.39, 0.29) is 5.91 Å². The Hall–Kier alpha value is -3.65. The van der Waals surface area contributed by atoms with Crippen LogP contribution in [-0.4, -0.2) is 17.4 Å². The molecule has 5 nitrogen and oxygen atoms in total. The average molecular weight is 394 g/mol. The van der Waals surface area contributed by atoms with Crippen LogP contribution in [0.1, 0.15) is 40.4 Å². The number of nitriles is 1. The molecule has 30 heavy (non-hydrogen) atoms. The molecular formula is C25H22N4O. The zero-order valence-electron chi connectivity index (χ0n) is 16.8. The number of carbonyl (C=O) groups excluding carboxylic acids is 1. The Balaban J connectivity index is 1.56. The Bertz CT molecular complexity index is 1240. The van der Waals surface area contributed by atoms with Crippen LogP contribution in [0.25, 0.3) is 22.3 Å². The molecule has 0 saturated carbocycles. The van der Waals surface area contributed by atoms with Crippen LogP contribution in [0.5, 0.6) is 0 Å². The summed E-state index contributed by atoms with van der Waals surface area (Å²) < 4.78 is 0. The van der Waals surface area contributed by atoms with Gasteiger partial charge in [0, 0.05) is 29.4 Å². The number of aromatic nitrogens is 1. The molecule has 1 aromatic heterocycles. The van der Waals surface area contributed by atoms with Crippen molar-refractivity contribution < 1.29 is 4.79 Å². The topological polar surface area (TPSA) is 91.8 Å². The molecule has 1 unspecified atom stereocenters. The van der Waals surface area contributed by atoms with Gasteiger partial charge in [-0.05, 0) is 66.1 Å². The number of hydrogen-bond acceptors (Lipinski definition) is 4. The van der Waals surface area contributed by atoms with Crippen molar-refractivity contribution >= 4 is 11.7 Å². The number of hydrogen-bond donors (Lipinski definition) is 2. The lowest BCUT2D eigenvalue weighted by Gasteiger charge is -2.18. The normalized spacial score (nSPS) is 19.5. The summed E-state index contributed by atoms with van der Waals surface area (Å²) in [5.41, 5.74) is 13.8. The Kier molecular flexibility index (Phi) is 4.11. The molecule has 0 fully saturated rings. The molecule has 148 valence electrons. The van der Waals surface area contributed by atoms with Crippen LogP contribution in [0.3, 0.4) is 0 Å². The Morgan fingerprint density at radius 3 is 2.67 bits per heavy atom. The number of rotatable bonds is 2. The molecule has 0 spiro atoms. The molecule has 2 aliphatic rings. The number of nitrogens with zero attached hydrogens (tertiary/aromatic N) is 2. The predicted molar refractivity (Wildman–Crippen MR) is 117 cm³/mol. The summed E-state index contributed by atoms with van der Waals surface area (Å²) in [5, 5.41) is 12.4. The number of nitrogens with one attached hydrogen (secondary N) is 1. The molecule has 0 radical (unpaired) electrons. The average Bonchev–Trinajstić information content (AvgIpc) is 3.11. The largest absolute Gasteiger partial charge is 0.383 e. The lowest BCUT2D eigenvalue weighted by molar-refractivity contribution is 0.0946. The summed E-state index contributed by atoms with van der Waals surface area (Å²) in [7, 11) is 0. The molecule has 0 bridgehead atoms. The molecule has 5 rings (SSSR count). The van der Waals surface area contributed by atoms with E-state index in [2.05, 4.69) is 40.6 Å². The molecule has 1 atom stereocenters. The van der Waals surface area contributed by atoms with E-state index < -0.39 is 5.41 Å². The number of aryl methyl sites for hydroxylation is 1. The van der Waals surface area contributed by atoms with E-state index in [9.17, 15) is 10.1 Å². The molecule has 5 heteroatoms. The second kappa shape index (κ2) is 6.70. The van der Waals surface area contributed by atoms with Crippen LogP contribution in [0, 0.1) is 11.3 Å². The number of benzene rings is 2. The fourth-order valence-corrected chi connectivity index (χ4v) is 4.61. The highest BCUT2D eigenvalue weighted by Gasteiger charge is 2.34. The maximum atomic E-state index is 12.0. The molecular weight excluding hydrogens is 372 g/mol. The first kappa shape index (κ1) is 18.4. The van der Waals surface area contributed by atoms with Crippen molar-refractivity contribution in [1.29, 1.82) is 5.26 Å². The predicted octanol–water partition coefficient (Wildman–Crippen LogP) is 4.01. The van der Waals surface area contributed by atoms with E-state index in [4.69, 9.17) is 5.73 Å². The van der Waals surface area contributed by atoms with Gasteiger partial charge in [-0.2, -0.15) is 5.26 Å². The van der Waals surface area contributed by atoms with Gasteiger partial charge in [0.05, 0.1) is 11.5 Å². The molecule has 1 aliphatic carbocycles. The summed E-state index contributed by atoms with van der Waals surface area (Å²) in [6.45, 7) is 2.66. The number of amides is 1. The summed E-state index contributed by atoms with van der Waals surface area (Å²) in [4.78, 5) is 16.5. The van der Waals surface area contributed by atoms with E-state index in [1.165, 1.54) is 5.56 Å². The van der Waals surface area contributed by atoms with Crippen LogP contribution in [0.4, 0.5) is 5.82 Å². The summed E-state index contributed by atoms with van der Waals surface area (Å²) in [6, 6.07) is 16.7. The van der Waals surface area contributed by atoms with Crippen molar-refractivity contribution in [2.45, 2.75) is 31.6 Å². The van der Waals surface area contributed by atoms with Crippen molar-refractivity contribution in [1.82, 2.24) is 10.3 Å². The number of nitrogens with two attached hydrogens (primary N) is 1. The highest BCUT2D eigenvalue weighted by molar-refractivity contribution is 5.97. The first-order valence-electron chi connectivity index (χ1n) is 10.2. The number of nitrogen functional groups attached to an aromatic ring is 1. The Morgan fingerprint density at radius 1 is 1.03 bits per heavy atom. The summed E-state index contributed by atoms with van der Waals surface area (Å²) in [5.74, 6) is 0.447. The van der Waals surface area contributed by atoms with Crippen LogP contribution in [0.2, 0.25) is 0 Å². The third-order valence-corrected chi connectivity index (χ3v) is 6.43. The maximum absolute atomic E-state index is 12.0. The van der Waals surface area contributed by atoms with Gasteiger partial charge >= 0.3 is 0 Å². The van der Waals surface area contributed by atoms with Gasteiger partial charge in [-0.1, -0.05) is 30.3 Å². The van der Waals surface area contributed by atoms with Gasteiger partial charge in [0.15, 0.2) is 0 Å². The van der Waals surface area contributed by atoms with Crippen molar-refractivity contribution in [3.8, 4) is 28.3 Å². The summed E-state index contributed by atoms with van der Waals surface area (Å²) >= 11 is 0. The van der Waals surface area contributed by atoms with Crippen LogP contribution < -0.4 is 11.1 Å². The van der Waals surface area contributed by atoms with Crippen LogP contribution in [-0.2, 0) is 18.3 Å². The van der Waals surface area contributed by atoms with Crippen LogP contribution >= 0.6 is 0 Å². The van der Waals surface area contributed by atoms with Gasteiger partial charge in [-0.3, -0.25) is 4.79 Å². The van der Waals surface area contributed by atoms with Crippen molar-refractivity contribution in [3.05, 3.63) is 70.9 Å². The molecule has 2 aromatic carbocycles. The number of fused-ring (bicyclic) bond motifs is 2. The highest BCUT2D eigenvalue weighted by Crippen LogP contribution is 2.40. The van der Waals surface area contributed by atoms with Gasteiger partial charge < -0.3 is 11.1 Å². The summed E-state index contributed by atoms with van der Waals surface area (Å²) in [6.07, 6.45) is 4.38. The first-order valence-corrected chi connectivity index (χ1v) is 10.2. The quantitative estimate of drug-likeness (QED) is 0.687. The third-order valence-electron chi connectivity index (χ3n) is 6.43. The standard InChI is InChI=1S/C25H22N4O/c1-25(14-26)8-6-18-10-15(3-5-22(18)25)19-12-21(23(27)29-13-19)16-2-4-20-17(11-16)7-9-28-24(20)30/h2-5,10-13H,6-9H2,1H3,(H2,27,29)(H,28,30). The molecule has 3 aromatic rings. The molecule has 1 aliphatic heterocycles. The zero-order chi connectivity index (χ0) is 20.9. The number of carbonyl (C=O) groups is 1. The van der Waals surface area contributed by atoms with Gasteiger partial charge in [0.2, 0.25) is 0 Å². The van der Waals surface area contributed by atoms with E-state index in [0.29, 0.717) is 12.4 Å². The highest BCUT2D eigenvalue weighted by atomic mass is 16.1. The minimum absolute atomic E-state index is 0.0230. The third kappa shape index (κ3) is 2.84. The van der Waals surface area contributed by atoms with E-state index in [1.807, 2.05) is 25.1 Å². The van der Waals surface area contributed by atoms with Gasteiger partial charge in [-0.25, -0.2) is 4.98 Å².